The molecule has 0 bridgehead atoms. The fourth-order valence-corrected chi connectivity index (χ4v) is 6.82. The van der Waals surface area contributed by atoms with Crippen LogP contribution in [0.25, 0.3) is 10.2 Å². The number of thiophene rings is 2. The summed E-state index contributed by atoms with van der Waals surface area (Å²) >= 11 is 4.52. The van der Waals surface area contributed by atoms with Crippen molar-refractivity contribution in [3.63, 3.8) is 0 Å². The second-order valence-corrected chi connectivity index (χ2v) is 10.3. The molecule has 1 unspecified atom stereocenters. The number of fused-ring (bicyclic) bond motifs is 2. The zero-order chi connectivity index (χ0) is 21.5. The second kappa shape index (κ2) is 8.10. The van der Waals surface area contributed by atoms with Gasteiger partial charge in [-0.15, -0.1) is 23.1 Å². The lowest BCUT2D eigenvalue weighted by atomic mass is 10.0. The van der Waals surface area contributed by atoms with Gasteiger partial charge in [-0.25, -0.2) is 0 Å². The van der Waals surface area contributed by atoms with Crippen molar-refractivity contribution in [2.75, 3.05) is 5.75 Å². The lowest BCUT2D eigenvalue weighted by Gasteiger charge is -2.50. The van der Waals surface area contributed by atoms with E-state index in [-0.39, 0.29) is 18.0 Å². The molecule has 2 amide bonds. The zero-order valence-electron chi connectivity index (χ0n) is 16.1. The predicted octanol–water partition coefficient (Wildman–Crippen LogP) is 0.897. The van der Waals surface area contributed by atoms with Gasteiger partial charge in [0.25, 0.3) is 10.7 Å². The number of carboxylic acid groups (broad SMARTS) is 1. The summed E-state index contributed by atoms with van der Waals surface area (Å²) in [5, 5.41) is 19.3. The van der Waals surface area contributed by atoms with Crippen LogP contribution in [0.1, 0.15) is 4.88 Å². The van der Waals surface area contributed by atoms with Gasteiger partial charge in [0.05, 0.1) is 23.5 Å². The quantitative estimate of drug-likeness (QED) is 0.426. The van der Waals surface area contributed by atoms with Gasteiger partial charge >= 0.3 is 0 Å². The van der Waals surface area contributed by atoms with Gasteiger partial charge < -0.3 is 15.2 Å². The molecular weight excluding hydrogens is 454 g/mol. The van der Waals surface area contributed by atoms with Gasteiger partial charge in [-0.2, -0.15) is 4.57 Å². The first-order valence-electron chi connectivity index (χ1n) is 9.58. The van der Waals surface area contributed by atoms with Gasteiger partial charge in [0.15, 0.2) is 12.7 Å². The number of aromatic nitrogens is 1. The van der Waals surface area contributed by atoms with Gasteiger partial charge in [0.1, 0.15) is 11.4 Å². The summed E-state index contributed by atoms with van der Waals surface area (Å²) in [6.07, 6.45) is 2.11. The number of hydrogen-bond acceptors (Lipinski definition) is 7. The maximum atomic E-state index is 12.8. The second-order valence-electron chi connectivity index (χ2n) is 7.27. The van der Waals surface area contributed by atoms with Crippen LogP contribution in [0.3, 0.4) is 0 Å². The van der Waals surface area contributed by atoms with Gasteiger partial charge in [0, 0.05) is 22.3 Å². The number of nitrogens with zero attached hydrogens (tertiary/aromatic N) is 2. The molecule has 0 saturated carbocycles. The van der Waals surface area contributed by atoms with E-state index >= 15 is 0 Å². The molecule has 5 heterocycles. The first-order valence-corrected chi connectivity index (χ1v) is 12.4. The monoisotopic (exact) mass is 471 g/mol. The summed E-state index contributed by atoms with van der Waals surface area (Å²) in [6, 6.07) is 8.95. The highest BCUT2D eigenvalue weighted by Gasteiger charge is 2.53. The maximum absolute atomic E-state index is 12.8. The SMILES string of the molecule is O=C(Cc1cccs1)NC1C(=O)N2C(C(=O)[O-])=C(C[n+]3cccc4ccsc43)CS[C@H]12. The first kappa shape index (κ1) is 20.2. The molecule has 3 aromatic heterocycles. The molecule has 3 aromatic rings. The lowest BCUT2D eigenvalue weighted by molar-refractivity contribution is -0.661. The molecule has 1 saturated heterocycles. The Hall–Kier alpha value is -2.69. The Morgan fingerprint density at radius 3 is 2.84 bits per heavy atom. The summed E-state index contributed by atoms with van der Waals surface area (Å²) in [7, 11) is 0. The Morgan fingerprint density at radius 1 is 1.19 bits per heavy atom. The molecule has 2 atom stereocenters. The van der Waals surface area contributed by atoms with Crippen molar-refractivity contribution < 1.29 is 24.1 Å². The van der Waals surface area contributed by atoms with E-state index in [2.05, 4.69) is 5.32 Å². The fourth-order valence-electron chi connectivity index (χ4n) is 3.91. The minimum Gasteiger partial charge on any atom is -0.543 e. The molecule has 0 radical (unpaired) electrons. The van der Waals surface area contributed by atoms with E-state index in [1.54, 1.807) is 11.3 Å². The van der Waals surface area contributed by atoms with Gasteiger partial charge in [-0.3, -0.25) is 14.5 Å². The Morgan fingerprint density at radius 2 is 2.06 bits per heavy atom. The van der Waals surface area contributed by atoms with E-state index in [1.165, 1.54) is 28.0 Å². The molecule has 31 heavy (non-hydrogen) atoms. The van der Waals surface area contributed by atoms with E-state index < -0.39 is 23.3 Å². The largest absolute Gasteiger partial charge is 0.543 e. The smallest absolute Gasteiger partial charge is 0.269 e. The van der Waals surface area contributed by atoms with E-state index in [0.29, 0.717) is 17.9 Å². The van der Waals surface area contributed by atoms with Gasteiger partial charge in [-0.1, -0.05) is 17.4 Å². The van der Waals surface area contributed by atoms with Crippen molar-refractivity contribution in [1.82, 2.24) is 10.2 Å². The summed E-state index contributed by atoms with van der Waals surface area (Å²) in [5.41, 5.74) is 0.558. The summed E-state index contributed by atoms with van der Waals surface area (Å²) in [5.74, 6) is -1.57. The minimum atomic E-state index is -1.36. The normalized spacial score (nSPS) is 20.5. The average Bonchev–Trinajstić information content (AvgIpc) is 3.43. The Bertz CT molecular complexity index is 1220. The molecule has 0 aliphatic carbocycles. The number of nitrogens with one attached hydrogen (secondary N) is 1. The van der Waals surface area contributed by atoms with Crippen LogP contribution in [0.2, 0.25) is 0 Å². The molecule has 2 aliphatic heterocycles. The lowest BCUT2D eigenvalue weighted by Crippen LogP contribution is -2.71. The number of amides is 2. The Labute approximate surface area is 190 Å². The van der Waals surface area contributed by atoms with Crippen molar-refractivity contribution >= 4 is 62.4 Å². The fraction of sp³-hybridized carbons (Fsp3) is 0.238. The van der Waals surface area contributed by atoms with E-state index in [1.807, 2.05) is 51.9 Å². The number of carbonyl (C=O) groups is 3. The van der Waals surface area contributed by atoms with Crippen molar-refractivity contribution in [1.29, 1.82) is 0 Å². The summed E-state index contributed by atoms with van der Waals surface area (Å²) < 4.78 is 1.99. The number of pyridine rings is 1. The molecule has 2 aliphatic rings. The van der Waals surface area contributed by atoms with Crippen LogP contribution in [-0.2, 0) is 27.3 Å². The minimum absolute atomic E-state index is 0.0708. The van der Waals surface area contributed by atoms with Gasteiger partial charge in [0.2, 0.25) is 5.91 Å². The van der Waals surface area contributed by atoms with Crippen LogP contribution < -0.4 is 15.0 Å². The molecule has 1 N–H and O–H groups in total. The van der Waals surface area contributed by atoms with Crippen LogP contribution in [0.4, 0.5) is 0 Å². The third-order valence-corrected chi connectivity index (χ3v) is 8.49. The van der Waals surface area contributed by atoms with Crippen molar-refractivity contribution in [2.45, 2.75) is 24.4 Å². The van der Waals surface area contributed by atoms with Crippen LogP contribution >= 0.6 is 34.4 Å². The molecule has 7 nitrogen and oxygen atoms in total. The van der Waals surface area contributed by atoms with Crippen LogP contribution in [0.5, 0.6) is 0 Å². The Balaban J connectivity index is 1.36. The van der Waals surface area contributed by atoms with Crippen LogP contribution in [0, 0.1) is 0 Å². The Kier molecular flexibility index (Phi) is 5.28. The zero-order valence-corrected chi connectivity index (χ0v) is 18.6. The van der Waals surface area contributed by atoms with Crippen molar-refractivity contribution in [2.24, 2.45) is 0 Å². The molecule has 10 heteroatoms. The molecule has 0 aromatic carbocycles. The van der Waals surface area contributed by atoms with Gasteiger partial charge in [-0.05, 0) is 29.0 Å². The highest BCUT2D eigenvalue weighted by atomic mass is 32.2. The number of β-lactam (4-membered cyclic amide) rings is 1. The van der Waals surface area contributed by atoms with Crippen molar-refractivity contribution in [3.8, 4) is 0 Å². The average molecular weight is 472 g/mol. The molecule has 5 rings (SSSR count). The third-order valence-electron chi connectivity index (χ3n) is 5.31. The maximum Gasteiger partial charge on any atom is 0.269 e. The summed E-state index contributed by atoms with van der Waals surface area (Å²) in [4.78, 5) is 40.3. The third kappa shape index (κ3) is 3.64. The van der Waals surface area contributed by atoms with Crippen LogP contribution in [0.15, 0.2) is 58.6 Å². The number of hydrogen-bond donors (Lipinski definition) is 1. The first-order chi connectivity index (χ1) is 15.0. The highest BCUT2D eigenvalue weighted by molar-refractivity contribution is 8.00. The topological polar surface area (TPSA) is 93.4 Å². The van der Waals surface area contributed by atoms with E-state index in [4.69, 9.17) is 0 Å². The molecule has 158 valence electrons. The number of aliphatic carboxylic acids is 1. The van der Waals surface area contributed by atoms with E-state index in [9.17, 15) is 19.5 Å². The number of carboxylic acids is 1. The predicted molar refractivity (Wildman–Crippen MR) is 117 cm³/mol. The van der Waals surface area contributed by atoms with Crippen LogP contribution in [-0.4, -0.2) is 39.9 Å². The van der Waals surface area contributed by atoms with Crippen molar-refractivity contribution in [3.05, 3.63) is 63.4 Å². The number of rotatable bonds is 6. The molecule has 0 spiro atoms. The standard InChI is InChI=1S/C21H17N3O4S3/c25-15(9-14-4-2-7-29-14)22-16-18(26)24-17(21(27)28)13(11-31-20(16)24)10-23-6-1-3-12-5-8-30-19(12)23/h1-8,16,20H,9-11H2,(H-,22,25,27,28)/t16?,20-/m1/s1. The molecular formula is C21H17N3O4S3. The highest BCUT2D eigenvalue weighted by Crippen LogP contribution is 2.40. The number of carbonyl (C=O) groups excluding carboxylic acids is 3. The molecule has 1 fully saturated rings. The summed E-state index contributed by atoms with van der Waals surface area (Å²) in [6.45, 7) is 0.361. The number of thioether (sulfide) groups is 1. The van der Waals surface area contributed by atoms with E-state index in [0.717, 1.165) is 15.1 Å².